The molecule has 0 spiro atoms. The highest BCUT2D eigenvalue weighted by atomic mass is 31.8. The standard InChI is InChI=1S/C16H10P4/c1-3-7-13-11(5-1)9-15(19-17-13)16-10-12-6-2-4-8-14(12)18-20-16/h1-10H. The lowest BCUT2D eigenvalue weighted by molar-refractivity contribution is 1.83. The van der Waals surface area contributed by atoms with Crippen LogP contribution in [-0.2, 0) is 0 Å². The van der Waals surface area contributed by atoms with Gasteiger partial charge in [0.1, 0.15) is 0 Å². The number of rotatable bonds is 1. The van der Waals surface area contributed by atoms with E-state index >= 15 is 0 Å². The van der Waals surface area contributed by atoms with Crippen molar-refractivity contribution in [2.45, 2.75) is 0 Å². The van der Waals surface area contributed by atoms with Crippen LogP contribution < -0.4 is 0 Å². The first-order valence-electron chi connectivity index (χ1n) is 6.35. The lowest BCUT2D eigenvalue weighted by atomic mass is 10.2. The van der Waals surface area contributed by atoms with Crippen LogP contribution in [-0.4, -0.2) is 0 Å². The predicted molar refractivity (Wildman–Crippen MR) is 96.9 cm³/mol. The largest absolute Gasteiger partial charge is 0.0616 e. The first kappa shape index (κ1) is 12.8. The van der Waals surface area contributed by atoms with Crippen molar-refractivity contribution in [3.8, 4) is 10.6 Å². The van der Waals surface area contributed by atoms with Gasteiger partial charge in [0.2, 0.25) is 0 Å². The minimum atomic E-state index is 1.38. The third-order valence-electron chi connectivity index (χ3n) is 3.25. The van der Waals surface area contributed by atoms with Gasteiger partial charge in [-0.15, -0.1) is 0 Å². The average Bonchev–Trinajstić information content (AvgIpc) is 2.54. The summed E-state index contributed by atoms with van der Waals surface area (Å²) in [6.07, 6.45) is 0. The fourth-order valence-electron chi connectivity index (χ4n) is 2.22. The molecule has 0 aliphatic heterocycles. The average molecular weight is 326 g/mol. The Morgan fingerprint density at radius 2 is 0.950 bits per heavy atom. The van der Waals surface area contributed by atoms with Crippen LogP contribution in [0.2, 0.25) is 0 Å². The van der Waals surface area contributed by atoms with Gasteiger partial charge in [0.25, 0.3) is 0 Å². The third kappa shape index (κ3) is 2.39. The van der Waals surface area contributed by atoms with Gasteiger partial charge in [0.15, 0.2) is 0 Å². The second-order valence-corrected chi connectivity index (χ2v) is 9.70. The van der Waals surface area contributed by atoms with Crippen LogP contribution >= 0.6 is 31.5 Å². The third-order valence-corrected chi connectivity index (χ3v) is 9.23. The van der Waals surface area contributed by atoms with Gasteiger partial charge in [-0.25, -0.2) is 0 Å². The summed E-state index contributed by atoms with van der Waals surface area (Å²) in [5.74, 6) is 0. The van der Waals surface area contributed by atoms with Gasteiger partial charge >= 0.3 is 0 Å². The molecule has 0 fully saturated rings. The van der Waals surface area contributed by atoms with Gasteiger partial charge in [0.05, 0.1) is 0 Å². The minimum absolute atomic E-state index is 1.38. The minimum Gasteiger partial charge on any atom is -0.0616 e. The molecule has 0 nitrogen and oxygen atoms in total. The van der Waals surface area contributed by atoms with E-state index in [1.54, 1.807) is 0 Å². The number of fused-ring (bicyclic) bond motifs is 2. The van der Waals surface area contributed by atoms with E-state index in [1.807, 2.05) is 0 Å². The molecule has 0 aliphatic rings. The second-order valence-electron chi connectivity index (χ2n) is 4.58. The molecule has 0 atom stereocenters. The number of hydrogen-bond donors (Lipinski definition) is 0. The summed E-state index contributed by atoms with van der Waals surface area (Å²) < 4.78 is 0. The highest BCUT2D eigenvalue weighted by Crippen LogP contribution is 2.46. The second kappa shape index (κ2) is 5.48. The molecule has 0 saturated carbocycles. The van der Waals surface area contributed by atoms with E-state index in [0.29, 0.717) is 0 Å². The molecule has 0 radical (unpaired) electrons. The molecule has 0 saturated heterocycles. The molecule has 0 bridgehead atoms. The highest BCUT2D eigenvalue weighted by molar-refractivity contribution is 7.96. The van der Waals surface area contributed by atoms with Crippen LogP contribution in [0, 0.1) is 0 Å². The Bertz CT molecular complexity index is 841. The van der Waals surface area contributed by atoms with E-state index < -0.39 is 0 Å². The summed E-state index contributed by atoms with van der Waals surface area (Å²) in [4.78, 5) is 0. The van der Waals surface area contributed by atoms with E-state index in [0.717, 1.165) is 0 Å². The Kier molecular flexibility index (Phi) is 3.52. The van der Waals surface area contributed by atoms with Crippen LogP contribution in [0.25, 0.3) is 31.6 Å². The topological polar surface area (TPSA) is 0 Å². The van der Waals surface area contributed by atoms with Crippen molar-refractivity contribution in [3.05, 3.63) is 60.7 Å². The van der Waals surface area contributed by atoms with Crippen LogP contribution in [0.3, 0.4) is 0 Å². The fourth-order valence-corrected chi connectivity index (χ4v) is 8.34. The molecule has 20 heavy (non-hydrogen) atoms. The van der Waals surface area contributed by atoms with E-state index in [9.17, 15) is 0 Å². The number of hydrogen-bond acceptors (Lipinski definition) is 0. The first-order chi connectivity index (χ1) is 9.90. The lowest BCUT2D eigenvalue weighted by Gasteiger charge is -2.04. The molecule has 2 aromatic heterocycles. The molecule has 2 aromatic carbocycles. The Labute approximate surface area is 124 Å². The molecule has 0 aliphatic carbocycles. The van der Waals surface area contributed by atoms with Gasteiger partial charge in [-0.05, 0) is 66.5 Å². The monoisotopic (exact) mass is 326 g/mol. The van der Waals surface area contributed by atoms with Crippen LogP contribution in [0.1, 0.15) is 0 Å². The normalized spacial score (nSPS) is 12.6. The molecular weight excluding hydrogens is 316 g/mol. The molecule has 4 rings (SSSR count). The van der Waals surface area contributed by atoms with E-state index in [4.69, 9.17) is 0 Å². The van der Waals surface area contributed by atoms with Crippen molar-refractivity contribution >= 4 is 52.5 Å². The van der Waals surface area contributed by atoms with Crippen molar-refractivity contribution in [1.29, 1.82) is 0 Å². The van der Waals surface area contributed by atoms with Gasteiger partial charge in [0, 0.05) is 20.8 Å². The predicted octanol–water partition coefficient (Wildman–Crippen LogP) is 7.98. The summed E-state index contributed by atoms with van der Waals surface area (Å²) in [7, 11) is 5.64. The molecule has 0 amide bonds. The summed E-state index contributed by atoms with van der Waals surface area (Å²) in [6, 6.07) is 22.2. The molecule has 4 heteroatoms. The lowest BCUT2D eigenvalue weighted by Crippen LogP contribution is -1.71. The van der Waals surface area contributed by atoms with Crippen LogP contribution in [0.5, 0.6) is 0 Å². The molecule has 0 N–H and O–H groups in total. The molecule has 0 unspecified atom stereocenters. The summed E-state index contributed by atoms with van der Waals surface area (Å²) in [5, 5.41) is 8.63. The Balaban J connectivity index is 1.91. The van der Waals surface area contributed by atoms with Crippen molar-refractivity contribution in [1.82, 2.24) is 0 Å². The summed E-state index contributed by atoms with van der Waals surface area (Å²) in [6.45, 7) is 0. The van der Waals surface area contributed by atoms with Gasteiger partial charge < -0.3 is 0 Å². The number of benzene rings is 2. The maximum atomic E-state index is 2.37. The molecule has 94 valence electrons. The SMILES string of the molecule is c1ccc2ppc(-c3cc4ccccc4pp3)cc2c1. The van der Waals surface area contributed by atoms with Crippen LogP contribution in [0.4, 0.5) is 0 Å². The van der Waals surface area contributed by atoms with E-state index in [2.05, 4.69) is 60.7 Å². The van der Waals surface area contributed by atoms with E-state index in [1.165, 1.54) is 63.1 Å². The van der Waals surface area contributed by atoms with Crippen molar-refractivity contribution in [3.63, 3.8) is 0 Å². The zero-order valence-electron chi connectivity index (χ0n) is 10.6. The van der Waals surface area contributed by atoms with Crippen molar-refractivity contribution in [2.75, 3.05) is 0 Å². The zero-order valence-corrected chi connectivity index (χ0v) is 14.1. The quantitative estimate of drug-likeness (QED) is 0.332. The fraction of sp³-hybridized carbons (Fsp3) is 0. The Hall–Kier alpha value is -0.880. The van der Waals surface area contributed by atoms with E-state index in [-0.39, 0.29) is 0 Å². The van der Waals surface area contributed by atoms with Crippen LogP contribution in [0.15, 0.2) is 60.7 Å². The molecule has 4 aromatic rings. The van der Waals surface area contributed by atoms with Gasteiger partial charge in [-0.1, -0.05) is 36.4 Å². The first-order valence-corrected chi connectivity index (χ1v) is 11.3. The van der Waals surface area contributed by atoms with Crippen molar-refractivity contribution < 1.29 is 0 Å². The highest BCUT2D eigenvalue weighted by Gasteiger charge is 2.03. The maximum Gasteiger partial charge on any atom is 0.0192 e. The zero-order chi connectivity index (χ0) is 13.4. The summed E-state index contributed by atoms with van der Waals surface area (Å²) in [5.41, 5.74) is 0. The molecular formula is C16H10P4. The van der Waals surface area contributed by atoms with Gasteiger partial charge in [-0.3, -0.25) is 0 Å². The maximum absolute atomic E-state index is 2.37. The Morgan fingerprint density at radius 3 is 1.45 bits per heavy atom. The van der Waals surface area contributed by atoms with Gasteiger partial charge in [-0.2, -0.15) is 0 Å². The Morgan fingerprint density at radius 1 is 0.500 bits per heavy atom. The smallest absolute Gasteiger partial charge is 0.0192 e. The summed E-state index contributed by atoms with van der Waals surface area (Å²) >= 11 is 0. The molecule has 2 heterocycles. The van der Waals surface area contributed by atoms with Crippen molar-refractivity contribution in [2.24, 2.45) is 0 Å².